The van der Waals surface area contributed by atoms with Gasteiger partial charge in [-0.1, -0.05) is 30.3 Å². The van der Waals surface area contributed by atoms with E-state index in [1.807, 2.05) is 18.2 Å². The van der Waals surface area contributed by atoms with Gasteiger partial charge < -0.3 is 5.32 Å². The number of rotatable bonds is 1. The third kappa shape index (κ3) is 2.12. The lowest BCUT2D eigenvalue weighted by Crippen LogP contribution is -2.30. The molecule has 96 valence electrons. The minimum atomic E-state index is -0.270. The fourth-order valence-corrected chi connectivity index (χ4v) is 2.73. The molecule has 19 heavy (non-hydrogen) atoms. The molecule has 1 atom stereocenters. The molecule has 2 aromatic rings. The van der Waals surface area contributed by atoms with Crippen molar-refractivity contribution in [3.05, 3.63) is 59.4 Å². The molecule has 0 heterocycles. The number of nitrogens with one attached hydrogen (secondary N) is 1. The minimum Gasteiger partial charge on any atom is -0.349 e. The van der Waals surface area contributed by atoms with Crippen LogP contribution in [0.2, 0.25) is 0 Å². The van der Waals surface area contributed by atoms with Crippen molar-refractivity contribution in [3.8, 4) is 11.1 Å². The highest BCUT2D eigenvalue weighted by Gasteiger charge is 2.25. The van der Waals surface area contributed by atoms with Crippen molar-refractivity contribution in [2.75, 3.05) is 0 Å². The molecule has 0 unspecified atom stereocenters. The first kappa shape index (κ1) is 11.9. The number of benzene rings is 2. The molecule has 0 radical (unpaired) electrons. The largest absolute Gasteiger partial charge is 0.349 e. The average molecular weight is 255 g/mol. The SMILES string of the molecule is CC(=O)N[C@H]1Cc2ccccc2-c2ccc(F)cc21. The van der Waals surface area contributed by atoms with Crippen molar-refractivity contribution in [3.63, 3.8) is 0 Å². The van der Waals surface area contributed by atoms with Crippen LogP contribution >= 0.6 is 0 Å². The molecular formula is C16H14FNO. The van der Waals surface area contributed by atoms with Crippen LogP contribution in [0, 0.1) is 5.82 Å². The summed E-state index contributed by atoms with van der Waals surface area (Å²) in [6.45, 7) is 1.49. The molecule has 0 fully saturated rings. The fraction of sp³-hybridized carbons (Fsp3) is 0.188. The monoisotopic (exact) mass is 255 g/mol. The topological polar surface area (TPSA) is 29.1 Å². The Morgan fingerprint density at radius 1 is 1.21 bits per heavy atom. The molecule has 0 bridgehead atoms. The number of carbonyl (C=O) groups excluding carboxylic acids is 1. The Labute approximate surface area is 111 Å². The summed E-state index contributed by atoms with van der Waals surface area (Å²) in [5.41, 5.74) is 4.16. The van der Waals surface area contributed by atoms with Gasteiger partial charge in [-0.15, -0.1) is 0 Å². The average Bonchev–Trinajstić information content (AvgIpc) is 2.38. The lowest BCUT2D eigenvalue weighted by molar-refractivity contribution is -0.119. The van der Waals surface area contributed by atoms with Crippen molar-refractivity contribution in [2.45, 2.75) is 19.4 Å². The smallest absolute Gasteiger partial charge is 0.217 e. The molecule has 0 aromatic heterocycles. The van der Waals surface area contributed by atoms with E-state index in [2.05, 4.69) is 11.4 Å². The van der Waals surface area contributed by atoms with Gasteiger partial charge in [0, 0.05) is 6.92 Å². The van der Waals surface area contributed by atoms with Gasteiger partial charge in [-0.3, -0.25) is 4.79 Å². The Balaban J connectivity index is 2.16. The third-order valence-electron chi connectivity index (χ3n) is 3.50. The first-order chi connectivity index (χ1) is 9.15. The first-order valence-electron chi connectivity index (χ1n) is 6.30. The number of amides is 1. The number of hydrogen-bond donors (Lipinski definition) is 1. The quantitative estimate of drug-likeness (QED) is 0.832. The summed E-state index contributed by atoms with van der Waals surface area (Å²) in [5, 5.41) is 2.90. The van der Waals surface area contributed by atoms with Gasteiger partial charge in [0.05, 0.1) is 6.04 Å². The van der Waals surface area contributed by atoms with E-state index in [-0.39, 0.29) is 17.8 Å². The van der Waals surface area contributed by atoms with E-state index >= 15 is 0 Å². The van der Waals surface area contributed by atoms with Gasteiger partial charge in [0.2, 0.25) is 5.91 Å². The van der Waals surface area contributed by atoms with Crippen molar-refractivity contribution in [1.29, 1.82) is 0 Å². The highest BCUT2D eigenvalue weighted by Crippen LogP contribution is 2.38. The van der Waals surface area contributed by atoms with Crippen LogP contribution in [0.15, 0.2) is 42.5 Å². The molecule has 2 aromatic carbocycles. The van der Waals surface area contributed by atoms with Gasteiger partial charge in [0.25, 0.3) is 0 Å². The van der Waals surface area contributed by atoms with Gasteiger partial charge >= 0.3 is 0 Å². The molecule has 3 heteroatoms. The number of hydrogen-bond acceptors (Lipinski definition) is 1. The molecule has 0 spiro atoms. The first-order valence-corrected chi connectivity index (χ1v) is 6.30. The van der Waals surface area contributed by atoms with Crippen LogP contribution in [0.5, 0.6) is 0 Å². The van der Waals surface area contributed by atoms with Crippen LogP contribution < -0.4 is 5.32 Å². The van der Waals surface area contributed by atoms with Gasteiger partial charge in [0.15, 0.2) is 0 Å². The van der Waals surface area contributed by atoms with E-state index in [4.69, 9.17) is 0 Å². The predicted octanol–water partition coefficient (Wildman–Crippen LogP) is 3.23. The second-order valence-electron chi connectivity index (χ2n) is 4.85. The Kier molecular flexibility index (Phi) is 2.82. The van der Waals surface area contributed by atoms with Gasteiger partial charge in [-0.25, -0.2) is 4.39 Å². The molecule has 1 aliphatic carbocycles. The van der Waals surface area contributed by atoms with Crippen LogP contribution in [0.4, 0.5) is 4.39 Å². The second kappa shape index (κ2) is 4.50. The zero-order valence-corrected chi connectivity index (χ0v) is 10.6. The van der Waals surface area contributed by atoms with Crippen LogP contribution in [0.3, 0.4) is 0 Å². The molecule has 0 aliphatic heterocycles. The molecule has 1 N–H and O–H groups in total. The predicted molar refractivity (Wildman–Crippen MR) is 72.1 cm³/mol. The summed E-state index contributed by atoms with van der Waals surface area (Å²) in [5.74, 6) is -0.368. The molecule has 0 saturated carbocycles. The Hall–Kier alpha value is -2.16. The molecule has 2 nitrogen and oxygen atoms in total. The summed E-state index contributed by atoms with van der Waals surface area (Å²) in [6.07, 6.45) is 0.701. The minimum absolute atomic E-state index is 0.0976. The lowest BCUT2D eigenvalue weighted by Gasteiger charge is -2.28. The maximum atomic E-state index is 13.5. The van der Waals surface area contributed by atoms with E-state index in [0.29, 0.717) is 6.42 Å². The van der Waals surface area contributed by atoms with Crippen LogP contribution in [0.1, 0.15) is 24.1 Å². The van der Waals surface area contributed by atoms with Gasteiger partial charge in [-0.05, 0) is 40.8 Å². The van der Waals surface area contributed by atoms with Gasteiger partial charge in [0.1, 0.15) is 5.82 Å². The molecule has 1 aliphatic rings. The van der Waals surface area contributed by atoms with Crippen molar-refractivity contribution >= 4 is 5.91 Å². The summed E-state index contributed by atoms with van der Waals surface area (Å²) >= 11 is 0. The molecule has 0 saturated heterocycles. The van der Waals surface area contributed by atoms with E-state index in [0.717, 1.165) is 16.7 Å². The van der Waals surface area contributed by atoms with Crippen molar-refractivity contribution in [2.24, 2.45) is 0 Å². The van der Waals surface area contributed by atoms with Crippen molar-refractivity contribution in [1.82, 2.24) is 5.32 Å². The number of halogens is 1. The highest BCUT2D eigenvalue weighted by molar-refractivity contribution is 5.77. The zero-order valence-electron chi connectivity index (χ0n) is 10.6. The fourth-order valence-electron chi connectivity index (χ4n) is 2.73. The maximum absolute atomic E-state index is 13.5. The zero-order chi connectivity index (χ0) is 13.4. The molecular weight excluding hydrogens is 241 g/mol. The maximum Gasteiger partial charge on any atom is 0.217 e. The van der Waals surface area contributed by atoms with Crippen LogP contribution in [-0.2, 0) is 11.2 Å². The van der Waals surface area contributed by atoms with E-state index in [1.54, 1.807) is 6.07 Å². The Morgan fingerprint density at radius 2 is 2.00 bits per heavy atom. The highest BCUT2D eigenvalue weighted by atomic mass is 19.1. The second-order valence-corrected chi connectivity index (χ2v) is 4.85. The molecule has 3 rings (SSSR count). The Morgan fingerprint density at radius 3 is 2.79 bits per heavy atom. The standard InChI is InChI=1S/C16H14FNO/c1-10(19)18-16-8-11-4-2-3-5-13(11)14-7-6-12(17)9-15(14)16/h2-7,9,16H,8H2,1H3,(H,18,19)/t16-/m0/s1. The summed E-state index contributed by atoms with van der Waals surface area (Å²) in [7, 11) is 0. The third-order valence-corrected chi connectivity index (χ3v) is 3.50. The summed E-state index contributed by atoms with van der Waals surface area (Å²) in [4.78, 5) is 11.3. The van der Waals surface area contributed by atoms with E-state index < -0.39 is 0 Å². The summed E-state index contributed by atoms with van der Waals surface area (Å²) in [6, 6.07) is 12.7. The summed E-state index contributed by atoms with van der Waals surface area (Å²) < 4.78 is 13.5. The molecule has 1 amide bonds. The normalized spacial score (nSPS) is 16.4. The van der Waals surface area contributed by atoms with Crippen LogP contribution in [-0.4, -0.2) is 5.91 Å². The Bertz CT molecular complexity index is 651. The number of fused-ring (bicyclic) bond motifs is 3. The van der Waals surface area contributed by atoms with E-state index in [1.165, 1.54) is 24.6 Å². The van der Waals surface area contributed by atoms with E-state index in [9.17, 15) is 9.18 Å². The van der Waals surface area contributed by atoms with Gasteiger partial charge in [-0.2, -0.15) is 0 Å². The lowest BCUT2D eigenvalue weighted by atomic mass is 9.82. The number of carbonyl (C=O) groups is 1. The van der Waals surface area contributed by atoms with Crippen LogP contribution in [0.25, 0.3) is 11.1 Å². The van der Waals surface area contributed by atoms with Crippen molar-refractivity contribution < 1.29 is 9.18 Å².